The lowest BCUT2D eigenvalue weighted by molar-refractivity contribution is 0.0927. The van der Waals surface area contributed by atoms with Gasteiger partial charge in [-0.25, -0.2) is 0 Å². The van der Waals surface area contributed by atoms with Crippen LogP contribution in [0.2, 0.25) is 0 Å². The monoisotopic (exact) mass is 279 g/mol. The van der Waals surface area contributed by atoms with Crippen LogP contribution >= 0.6 is 0 Å². The second kappa shape index (κ2) is 5.68. The molecule has 1 fully saturated rings. The molecule has 108 valence electrons. The molecule has 2 rings (SSSR count). The van der Waals surface area contributed by atoms with Crippen molar-refractivity contribution in [3.8, 4) is 11.5 Å². The van der Waals surface area contributed by atoms with Crippen LogP contribution in [0.3, 0.4) is 0 Å². The highest BCUT2D eigenvalue weighted by Gasteiger charge is 2.32. The Hall–Kier alpha value is -2.44. The molecule has 6 N–H and O–H groups in total. The van der Waals surface area contributed by atoms with E-state index in [2.05, 4.69) is 10.5 Å². The van der Waals surface area contributed by atoms with Gasteiger partial charge in [0.15, 0.2) is 0 Å². The molecular formula is C13H17N3O4. The van der Waals surface area contributed by atoms with Crippen molar-refractivity contribution in [1.29, 1.82) is 0 Å². The highest BCUT2D eigenvalue weighted by Crippen LogP contribution is 2.29. The molecule has 2 atom stereocenters. The van der Waals surface area contributed by atoms with Crippen LogP contribution in [0.1, 0.15) is 29.6 Å². The van der Waals surface area contributed by atoms with Crippen molar-refractivity contribution in [1.82, 2.24) is 5.32 Å². The Morgan fingerprint density at radius 1 is 1.30 bits per heavy atom. The fourth-order valence-corrected chi connectivity index (χ4v) is 2.56. The van der Waals surface area contributed by atoms with Gasteiger partial charge in [0.25, 0.3) is 5.91 Å². The largest absolute Gasteiger partial charge is 0.507 e. The highest BCUT2D eigenvalue weighted by atomic mass is 16.4. The van der Waals surface area contributed by atoms with Gasteiger partial charge in [-0.15, -0.1) is 0 Å². The van der Waals surface area contributed by atoms with Gasteiger partial charge in [0.2, 0.25) is 0 Å². The molecular weight excluding hydrogens is 262 g/mol. The number of phenols is 2. The second-order valence-corrected chi connectivity index (χ2v) is 4.81. The molecule has 0 spiro atoms. The van der Waals surface area contributed by atoms with Crippen LogP contribution in [0.4, 0.5) is 0 Å². The molecule has 1 saturated carbocycles. The molecule has 0 bridgehead atoms. The normalized spacial score (nSPS) is 22.7. The summed E-state index contributed by atoms with van der Waals surface area (Å²) >= 11 is 0. The van der Waals surface area contributed by atoms with E-state index in [1.165, 1.54) is 18.2 Å². The number of carbonyl (C=O) groups is 1. The number of nitrogens with one attached hydrogen (secondary N) is 1. The first-order chi connectivity index (χ1) is 9.54. The number of aromatic hydroxyl groups is 2. The van der Waals surface area contributed by atoms with Crippen molar-refractivity contribution in [3.63, 3.8) is 0 Å². The summed E-state index contributed by atoms with van der Waals surface area (Å²) in [5.74, 6) is -1.32. The van der Waals surface area contributed by atoms with Crippen LogP contribution < -0.4 is 11.1 Å². The Labute approximate surface area is 115 Å². The number of amides is 1. The van der Waals surface area contributed by atoms with E-state index in [-0.39, 0.29) is 34.9 Å². The Morgan fingerprint density at radius 3 is 2.55 bits per heavy atom. The topological polar surface area (TPSA) is 128 Å². The van der Waals surface area contributed by atoms with E-state index in [4.69, 9.17) is 10.9 Å². The minimum Gasteiger partial charge on any atom is -0.507 e. The fraction of sp³-hybridized carbons (Fsp3) is 0.385. The lowest BCUT2D eigenvalue weighted by Gasteiger charge is -2.20. The van der Waals surface area contributed by atoms with E-state index in [0.717, 1.165) is 6.42 Å². The molecule has 1 aromatic rings. The third-order valence-electron chi connectivity index (χ3n) is 3.58. The zero-order valence-corrected chi connectivity index (χ0v) is 10.8. The van der Waals surface area contributed by atoms with Crippen LogP contribution in [0.15, 0.2) is 23.4 Å². The summed E-state index contributed by atoms with van der Waals surface area (Å²) in [4.78, 5) is 12.1. The fourth-order valence-electron chi connectivity index (χ4n) is 2.56. The quantitative estimate of drug-likeness (QED) is 0.241. The Balaban J connectivity index is 2.16. The maximum absolute atomic E-state index is 12.1. The minimum absolute atomic E-state index is 0.0781. The summed E-state index contributed by atoms with van der Waals surface area (Å²) in [6.45, 7) is 0. The average molecular weight is 279 g/mol. The van der Waals surface area contributed by atoms with Gasteiger partial charge in [-0.2, -0.15) is 0 Å². The van der Waals surface area contributed by atoms with Gasteiger partial charge in [-0.3, -0.25) is 4.79 Å². The first-order valence-electron chi connectivity index (χ1n) is 6.33. The predicted molar refractivity (Wildman–Crippen MR) is 71.8 cm³/mol. The van der Waals surface area contributed by atoms with E-state index < -0.39 is 5.91 Å². The van der Waals surface area contributed by atoms with Crippen molar-refractivity contribution < 1.29 is 20.2 Å². The summed E-state index contributed by atoms with van der Waals surface area (Å²) in [5.41, 5.74) is 5.42. The first kappa shape index (κ1) is 14.0. The second-order valence-electron chi connectivity index (χ2n) is 4.81. The number of nitrogens with zero attached hydrogens (tertiary/aromatic N) is 1. The van der Waals surface area contributed by atoms with Gasteiger partial charge >= 0.3 is 0 Å². The third-order valence-corrected chi connectivity index (χ3v) is 3.58. The molecule has 2 unspecified atom stereocenters. The van der Waals surface area contributed by atoms with Crippen molar-refractivity contribution >= 4 is 11.7 Å². The number of phenolic OH excluding ortho intramolecular Hbond substituents is 2. The van der Waals surface area contributed by atoms with Crippen molar-refractivity contribution in [2.24, 2.45) is 16.8 Å². The Bertz CT molecular complexity index is 524. The molecule has 0 saturated heterocycles. The van der Waals surface area contributed by atoms with E-state index >= 15 is 0 Å². The van der Waals surface area contributed by atoms with E-state index in [0.29, 0.717) is 12.8 Å². The number of amidine groups is 1. The standard InChI is InChI=1S/C13H17N3O4/c14-12(16-20)7-3-1-4-8(7)15-13(19)11-9(17)5-2-6-10(11)18/h2,5-8,17-18,20H,1,3-4H2,(H2,14,16)(H,15,19). The van der Waals surface area contributed by atoms with E-state index in [1.54, 1.807) is 0 Å². The number of hydrogen-bond donors (Lipinski definition) is 5. The van der Waals surface area contributed by atoms with Gasteiger partial charge in [0.1, 0.15) is 22.9 Å². The molecule has 1 amide bonds. The van der Waals surface area contributed by atoms with Crippen LogP contribution in [0, 0.1) is 5.92 Å². The van der Waals surface area contributed by atoms with Crippen molar-refractivity contribution in [2.45, 2.75) is 25.3 Å². The summed E-state index contributed by atoms with van der Waals surface area (Å²) in [6.07, 6.45) is 2.26. The van der Waals surface area contributed by atoms with Crippen molar-refractivity contribution in [2.75, 3.05) is 0 Å². The van der Waals surface area contributed by atoms with Crippen LogP contribution in [-0.2, 0) is 0 Å². The molecule has 1 aromatic carbocycles. The van der Waals surface area contributed by atoms with E-state index in [9.17, 15) is 15.0 Å². The predicted octanol–water partition coefficient (Wildman–Crippen LogP) is 0.743. The summed E-state index contributed by atoms with van der Waals surface area (Å²) in [6, 6.07) is 3.81. The Morgan fingerprint density at radius 2 is 1.95 bits per heavy atom. The number of rotatable bonds is 3. The minimum atomic E-state index is -0.580. The molecule has 1 aliphatic carbocycles. The van der Waals surface area contributed by atoms with Gasteiger partial charge in [0, 0.05) is 12.0 Å². The lowest BCUT2D eigenvalue weighted by atomic mass is 10.0. The molecule has 7 heteroatoms. The molecule has 20 heavy (non-hydrogen) atoms. The highest BCUT2D eigenvalue weighted by molar-refractivity contribution is 6.00. The molecule has 0 heterocycles. The molecule has 1 aliphatic rings. The number of nitrogens with two attached hydrogens (primary N) is 1. The zero-order chi connectivity index (χ0) is 14.7. The summed E-state index contributed by atoms with van der Waals surface area (Å²) < 4.78 is 0. The Kier molecular flexibility index (Phi) is 3.97. The van der Waals surface area contributed by atoms with Crippen molar-refractivity contribution in [3.05, 3.63) is 23.8 Å². The summed E-state index contributed by atoms with van der Waals surface area (Å²) in [7, 11) is 0. The maximum atomic E-state index is 12.1. The molecule has 0 aliphatic heterocycles. The van der Waals surface area contributed by atoms with Crippen LogP contribution in [0.5, 0.6) is 11.5 Å². The lowest BCUT2D eigenvalue weighted by Crippen LogP contribution is -2.42. The summed E-state index contributed by atoms with van der Waals surface area (Å²) in [5, 5.41) is 33.7. The maximum Gasteiger partial charge on any atom is 0.259 e. The van der Waals surface area contributed by atoms with Crippen LogP contribution in [0.25, 0.3) is 0 Å². The number of benzene rings is 1. The number of oxime groups is 1. The van der Waals surface area contributed by atoms with E-state index in [1.807, 2.05) is 0 Å². The number of hydrogen-bond acceptors (Lipinski definition) is 5. The van der Waals surface area contributed by atoms with Gasteiger partial charge < -0.3 is 26.5 Å². The third kappa shape index (κ3) is 2.61. The zero-order valence-electron chi connectivity index (χ0n) is 10.8. The smallest absolute Gasteiger partial charge is 0.259 e. The molecule has 0 aromatic heterocycles. The van der Waals surface area contributed by atoms with Gasteiger partial charge in [0.05, 0.1) is 0 Å². The van der Waals surface area contributed by atoms with Gasteiger partial charge in [-0.1, -0.05) is 17.6 Å². The SMILES string of the molecule is N/C(=N/O)C1CCCC1NC(=O)c1c(O)cccc1O. The number of carbonyl (C=O) groups excluding carboxylic acids is 1. The molecule has 0 radical (unpaired) electrons. The van der Waals surface area contributed by atoms with Gasteiger partial charge in [-0.05, 0) is 25.0 Å². The van der Waals surface area contributed by atoms with Crippen LogP contribution in [-0.4, -0.2) is 33.2 Å². The average Bonchev–Trinajstić information content (AvgIpc) is 2.85. The molecule has 7 nitrogen and oxygen atoms in total. The first-order valence-corrected chi connectivity index (χ1v) is 6.33.